The minimum Gasteiger partial charge on any atom is -0.435 e. The molecule has 0 fully saturated rings. The molecule has 102 valence electrons. The van der Waals surface area contributed by atoms with Crippen LogP contribution in [-0.2, 0) is 0 Å². The number of nitrogens with zero attached hydrogens (tertiary/aromatic N) is 3. The molecule has 0 amide bonds. The summed E-state index contributed by atoms with van der Waals surface area (Å²) in [4.78, 5) is 0. The Labute approximate surface area is 112 Å². The van der Waals surface area contributed by atoms with Gasteiger partial charge in [-0.3, -0.25) is 4.40 Å². The number of aromatic nitrogens is 3. The molecule has 2 aromatic heterocycles. The number of fused-ring (bicyclic) bond motifs is 1. The minimum absolute atomic E-state index is 0.0677. The molecular formula is C13H10F2N4O. The van der Waals surface area contributed by atoms with Crippen molar-refractivity contribution in [3.63, 3.8) is 0 Å². The van der Waals surface area contributed by atoms with Crippen molar-refractivity contribution in [2.24, 2.45) is 0 Å². The molecule has 3 rings (SSSR count). The van der Waals surface area contributed by atoms with Crippen molar-refractivity contribution in [1.82, 2.24) is 14.6 Å². The van der Waals surface area contributed by atoms with Gasteiger partial charge in [0.25, 0.3) is 0 Å². The highest BCUT2D eigenvalue weighted by atomic mass is 19.3. The van der Waals surface area contributed by atoms with E-state index in [2.05, 4.69) is 14.9 Å². The Hall–Kier alpha value is -2.70. The zero-order chi connectivity index (χ0) is 14.1. The highest BCUT2D eigenvalue weighted by Gasteiger charge is 2.10. The lowest BCUT2D eigenvalue weighted by Gasteiger charge is -2.06. The Kier molecular flexibility index (Phi) is 2.94. The van der Waals surface area contributed by atoms with Crippen LogP contribution >= 0.6 is 0 Å². The van der Waals surface area contributed by atoms with E-state index in [-0.39, 0.29) is 5.75 Å². The SMILES string of the molecule is Nc1ccc2nnc(-c3cccc(OC(F)F)c3)n2c1. The molecule has 0 unspecified atom stereocenters. The molecule has 0 radical (unpaired) electrons. The molecule has 0 saturated carbocycles. The number of rotatable bonds is 3. The topological polar surface area (TPSA) is 65.4 Å². The number of nitrogens with two attached hydrogens (primary N) is 1. The Morgan fingerprint density at radius 3 is 2.80 bits per heavy atom. The van der Waals surface area contributed by atoms with Crippen molar-refractivity contribution >= 4 is 11.3 Å². The molecule has 0 bridgehead atoms. The number of alkyl halides is 2. The highest BCUT2D eigenvalue weighted by molar-refractivity contribution is 5.62. The van der Waals surface area contributed by atoms with E-state index in [0.717, 1.165) is 0 Å². The van der Waals surface area contributed by atoms with E-state index in [1.54, 1.807) is 34.9 Å². The van der Waals surface area contributed by atoms with Crippen molar-refractivity contribution in [1.29, 1.82) is 0 Å². The van der Waals surface area contributed by atoms with Crippen molar-refractivity contribution < 1.29 is 13.5 Å². The normalized spacial score (nSPS) is 11.2. The number of hydrogen-bond donors (Lipinski definition) is 1. The highest BCUT2D eigenvalue weighted by Crippen LogP contribution is 2.24. The van der Waals surface area contributed by atoms with E-state index in [1.807, 2.05) is 0 Å². The third-order valence-corrected chi connectivity index (χ3v) is 2.74. The predicted molar refractivity (Wildman–Crippen MR) is 69.5 cm³/mol. The van der Waals surface area contributed by atoms with Gasteiger partial charge in [-0.15, -0.1) is 10.2 Å². The quantitative estimate of drug-likeness (QED) is 0.798. The van der Waals surface area contributed by atoms with Crippen LogP contribution < -0.4 is 10.5 Å². The summed E-state index contributed by atoms with van der Waals surface area (Å²) in [6.45, 7) is -2.86. The van der Waals surface area contributed by atoms with Crippen LogP contribution in [0.2, 0.25) is 0 Å². The Bertz CT molecular complexity index is 757. The zero-order valence-electron chi connectivity index (χ0n) is 10.2. The fraction of sp³-hybridized carbons (Fsp3) is 0.0769. The van der Waals surface area contributed by atoms with Gasteiger partial charge < -0.3 is 10.5 Å². The molecule has 1 aromatic carbocycles. The minimum atomic E-state index is -2.86. The Morgan fingerprint density at radius 2 is 2.00 bits per heavy atom. The predicted octanol–water partition coefficient (Wildman–Crippen LogP) is 2.58. The first-order chi connectivity index (χ1) is 9.63. The second-order valence-electron chi connectivity index (χ2n) is 4.12. The van der Waals surface area contributed by atoms with Gasteiger partial charge >= 0.3 is 6.61 Å². The molecule has 3 aromatic rings. The molecule has 0 saturated heterocycles. The van der Waals surface area contributed by atoms with Crippen LogP contribution in [0.3, 0.4) is 0 Å². The molecule has 0 aliphatic carbocycles. The molecule has 0 spiro atoms. The third-order valence-electron chi connectivity index (χ3n) is 2.74. The first-order valence-electron chi connectivity index (χ1n) is 5.79. The van der Waals surface area contributed by atoms with Gasteiger partial charge in [0, 0.05) is 17.4 Å². The number of nitrogen functional groups attached to an aromatic ring is 1. The number of anilines is 1. The molecule has 0 aliphatic heterocycles. The molecule has 0 atom stereocenters. The molecule has 2 N–H and O–H groups in total. The van der Waals surface area contributed by atoms with Gasteiger partial charge in [0.15, 0.2) is 11.5 Å². The first kappa shape index (κ1) is 12.3. The summed E-state index contributed by atoms with van der Waals surface area (Å²) in [6.07, 6.45) is 1.67. The van der Waals surface area contributed by atoms with Crippen LogP contribution in [0, 0.1) is 0 Å². The Morgan fingerprint density at radius 1 is 1.15 bits per heavy atom. The summed E-state index contributed by atoms with van der Waals surface area (Å²) in [5, 5.41) is 8.04. The molecule has 2 heterocycles. The van der Waals surface area contributed by atoms with E-state index >= 15 is 0 Å². The van der Waals surface area contributed by atoms with Crippen molar-refractivity contribution in [2.75, 3.05) is 5.73 Å². The molecular weight excluding hydrogens is 266 g/mol. The zero-order valence-corrected chi connectivity index (χ0v) is 10.2. The van der Waals surface area contributed by atoms with E-state index < -0.39 is 6.61 Å². The van der Waals surface area contributed by atoms with Crippen LogP contribution in [-0.4, -0.2) is 21.2 Å². The van der Waals surface area contributed by atoms with Crippen molar-refractivity contribution in [3.8, 4) is 17.1 Å². The number of hydrogen-bond acceptors (Lipinski definition) is 4. The summed E-state index contributed by atoms with van der Waals surface area (Å²) in [6, 6.07) is 9.72. The number of benzene rings is 1. The van der Waals surface area contributed by atoms with Crippen molar-refractivity contribution in [3.05, 3.63) is 42.6 Å². The average Bonchev–Trinajstić information content (AvgIpc) is 2.81. The van der Waals surface area contributed by atoms with Gasteiger partial charge in [0.1, 0.15) is 5.75 Å². The average molecular weight is 276 g/mol. The smallest absolute Gasteiger partial charge is 0.387 e. The Balaban J connectivity index is 2.08. The summed E-state index contributed by atoms with van der Waals surface area (Å²) in [7, 11) is 0. The lowest BCUT2D eigenvalue weighted by Crippen LogP contribution is -2.02. The second kappa shape index (κ2) is 4.76. The van der Waals surface area contributed by atoms with Crippen LogP contribution in [0.5, 0.6) is 5.75 Å². The van der Waals surface area contributed by atoms with Gasteiger partial charge in [-0.2, -0.15) is 8.78 Å². The van der Waals surface area contributed by atoms with Gasteiger partial charge in [-0.1, -0.05) is 12.1 Å². The fourth-order valence-corrected chi connectivity index (χ4v) is 1.92. The van der Waals surface area contributed by atoms with Crippen LogP contribution in [0.15, 0.2) is 42.6 Å². The maximum atomic E-state index is 12.2. The molecule has 5 nitrogen and oxygen atoms in total. The van der Waals surface area contributed by atoms with Gasteiger partial charge in [-0.05, 0) is 24.3 Å². The molecule has 7 heteroatoms. The summed E-state index contributed by atoms with van der Waals surface area (Å²) >= 11 is 0. The number of pyridine rings is 1. The number of halogens is 2. The van der Waals surface area contributed by atoms with E-state index in [4.69, 9.17) is 5.73 Å². The lowest BCUT2D eigenvalue weighted by molar-refractivity contribution is -0.0498. The van der Waals surface area contributed by atoms with E-state index in [1.165, 1.54) is 12.1 Å². The second-order valence-corrected chi connectivity index (χ2v) is 4.12. The summed E-state index contributed by atoms with van der Waals surface area (Å²) in [5.41, 5.74) is 7.51. The maximum absolute atomic E-state index is 12.2. The third kappa shape index (κ3) is 2.25. The van der Waals surface area contributed by atoms with Gasteiger partial charge in [0.05, 0.1) is 0 Å². The summed E-state index contributed by atoms with van der Waals surface area (Å²) < 4.78 is 30.5. The van der Waals surface area contributed by atoms with Gasteiger partial charge in [-0.25, -0.2) is 0 Å². The van der Waals surface area contributed by atoms with Crippen LogP contribution in [0.25, 0.3) is 17.0 Å². The molecule has 20 heavy (non-hydrogen) atoms. The lowest BCUT2D eigenvalue weighted by atomic mass is 10.2. The first-order valence-corrected chi connectivity index (χ1v) is 5.79. The van der Waals surface area contributed by atoms with Crippen LogP contribution in [0.1, 0.15) is 0 Å². The largest absolute Gasteiger partial charge is 0.435 e. The van der Waals surface area contributed by atoms with E-state index in [9.17, 15) is 8.78 Å². The monoisotopic (exact) mass is 276 g/mol. The van der Waals surface area contributed by atoms with Crippen LogP contribution in [0.4, 0.5) is 14.5 Å². The summed E-state index contributed by atoms with van der Waals surface area (Å²) in [5.74, 6) is 0.574. The number of ether oxygens (including phenoxy) is 1. The fourth-order valence-electron chi connectivity index (χ4n) is 1.92. The van der Waals surface area contributed by atoms with Gasteiger partial charge in [0.2, 0.25) is 0 Å². The maximum Gasteiger partial charge on any atom is 0.387 e. The standard InChI is InChI=1S/C13H10F2N4O/c14-13(15)20-10-3-1-2-8(6-10)12-18-17-11-5-4-9(16)7-19(11)12/h1-7,13H,16H2. The van der Waals surface area contributed by atoms with Crippen molar-refractivity contribution in [2.45, 2.75) is 6.61 Å². The van der Waals surface area contributed by atoms with E-state index in [0.29, 0.717) is 22.7 Å². The molecule has 0 aliphatic rings.